The molecule has 0 saturated carbocycles. The number of aliphatic imine (C=N–C) groups is 1. The van der Waals surface area contributed by atoms with Crippen molar-refractivity contribution in [1.29, 1.82) is 0 Å². The Morgan fingerprint density at radius 2 is 2.03 bits per heavy atom. The molecular weight excluding hydrogens is 368 g/mol. The first kappa shape index (κ1) is 19.0. The van der Waals surface area contributed by atoms with E-state index < -0.39 is 5.54 Å². The average molecular weight is 392 g/mol. The topological polar surface area (TPSA) is 92.5 Å². The van der Waals surface area contributed by atoms with E-state index in [9.17, 15) is 9.59 Å². The summed E-state index contributed by atoms with van der Waals surface area (Å²) in [6.45, 7) is 6.35. The van der Waals surface area contributed by atoms with Crippen LogP contribution < -0.4 is 5.32 Å². The summed E-state index contributed by atoms with van der Waals surface area (Å²) in [7, 11) is 0. The van der Waals surface area contributed by atoms with Gasteiger partial charge in [-0.2, -0.15) is 4.99 Å². The molecule has 8 nitrogen and oxygen atoms in total. The zero-order valence-corrected chi connectivity index (χ0v) is 16.7. The second-order valence-corrected chi connectivity index (χ2v) is 7.97. The molecule has 8 heteroatoms. The van der Waals surface area contributed by atoms with Gasteiger partial charge in [0.1, 0.15) is 16.9 Å². The first-order chi connectivity index (χ1) is 13.9. The van der Waals surface area contributed by atoms with Crippen molar-refractivity contribution in [2.75, 3.05) is 0 Å². The van der Waals surface area contributed by atoms with Gasteiger partial charge in [0, 0.05) is 6.20 Å². The summed E-state index contributed by atoms with van der Waals surface area (Å²) < 4.78 is 1.81. The number of fused-ring (bicyclic) bond motifs is 2. The highest BCUT2D eigenvalue weighted by Gasteiger charge is 2.47. The van der Waals surface area contributed by atoms with Gasteiger partial charge in [-0.15, -0.1) is 5.10 Å². The Morgan fingerprint density at radius 1 is 1.24 bits per heavy atom. The number of benzene rings is 1. The maximum Gasteiger partial charge on any atom is 0.274 e. The number of nitrogens with one attached hydrogen (secondary N) is 1. The highest BCUT2D eigenvalue weighted by Crippen LogP contribution is 2.30. The average Bonchev–Trinajstić information content (AvgIpc) is 3.20. The molecule has 0 saturated heterocycles. The quantitative estimate of drug-likeness (QED) is 0.812. The Morgan fingerprint density at radius 3 is 2.83 bits per heavy atom. The number of allylic oxidation sites excluding steroid dienone is 2. The molecule has 1 N–H and O–H groups in total. The van der Waals surface area contributed by atoms with Gasteiger partial charge in [-0.3, -0.25) is 9.59 Å². The Hall–Kier alpha value is -3.29. The smallest absolute Gasteiger partial charge is 0.274 e. The normalized spacial score (nSPS) is 21.6. The molecule has 2 aliphatic rings. The fraction of sp³-hybridized carbons (Fsp3) is 0.381. The number of hydrogen-bond acceptors (Lipinski definition) is 5. The van der Waals surface area contributed by atoms with Crippen LogP contribution in [-0.4, -0.2) is 49.1 Å². The van der Waals surface area contributed by atoms with Crippen LogP contribution in [0.2, 0.25) is 0 Å². The number of carbonyl (C=O) groups is 2. The van der Waals surface area contributed by atoms with Gasteiger partial charge >= 0.3 is 0 Å². The highest BCUT2D eigenvalue weighted by atomic mass is 16.2. The Balaban J connectivity index is 1.48. The van der Waals surface area contributed by atoms with Crippen molar-refractivity contribution in [2.45, 2.75) is 45.3 Å². The molecule has 1 aromatic carbocycles. The third kappa shape index (κ3) is 3.46. The predicted octanol–water partition coefficient (Wildman–Crippen LogP) is 2.05. The first-order valence-corrected chi connectivity index (χ1v) is 9.73. The van der Waals surface area contributed by atoms with Crippen molar-refractivity contribution in [2.24, 2.45) is 10.9 Å². The third-order valence-electron chi connectivity index (χ3n) is 5.49. The molecule has 2 aromatic rings. The van der Waals surface area contributed by atoms with E-state index in [-0.39, 0.29) is 30.2 Å². The number of nitrogens with zero attached hydrogens (tertiary/aromatic N) is 5. The van der Waals surface area contributed by atoms with Gasteiger partial charge in [0.15, 0.2) is 0 Å². The second-order valence-electron chi connectivity index (χ2n) is 7.97. The number of amidine groups is 1. The van der Waals surface area contributed by atoms with Crippen molar-refractivity contribution in [1.82, 2.24) is 25.2 Å². The molecule has 2 aliphatic heterocycles. The summed E-state index contributed by atoms with van der Waals surface area (Å²) in [5.41, 5.74) is 0.732. The van der Waals surface area contributed by atoms with E-state index in [2.05, 4.69) is 20.6 Å². The van der Waals surface area contributed by atoms with Gasteiger partial charge < -0.3 is 10.2 Å². The molecule has 0 bridgehead atoms. The fourth-order valence-corrected chi connectivity index (χ4v) is 3.66. The van der Waals surface area contributed by atoms with Gasteiger partial charge in [0.2, 0.25) is 5.91 Å². The van der Waals surface area contributed by atoms with Gasteiger partial charge in [0.25, 0.3) is 5.91 Å². The van der Waals surface area contributed by atoms with E-state index in [1.165, 1.54) is 0 Å². The summed E-state index contributed by atoms with van der Waals surface area (Å²) >= 11 is 0. The molecule has 0 spiro atoms. The number of hydrogen-bond donors (Lipinski definition) is 1. The largest absolute Gasteiger partial charge is 0.351 e. The Kier molecular flexibility index (Phi) is 4.77. The Bertz CT molecular complexity index is 1050. The zero-order chi connectivity index (χ0) is 20.6. The molecule has 4 rings (SSSR count). The number of para-hydroxylation sites is 1. The molecule has 2 atom stereocenters. The minimum atomic E-state index is -1.01. The van der Waals surface area contributed by atoms with Crippen LogP contribution in [0.1, 0.15) is 27.2 Å². The van der Waals surface area contributed by atoms with E-state index >= 15 is 0 Å². The lowest BCUT2D eigenvalue weighted by atomic mass is 9.94. The molecule has 0 radical (unpaired) electrons. The lowest BCUT2D eigenvalue weighted by molar-refractivity contribution is -0.131. The minimum absolute atomic E-state index is 0.0261. The van der Waals surface area contributed by atoms with E-state index in [0.717, 1.165) is 11.0 Å². The lowest BCUT2D eigenvalue weighted by Crippen LogP contribution is -2.51. The molecule has 2 amide bonds. The molecular formula is C21H24N6O2. The molecule has 0 aliphatic carbocycles. The van der Waals surface area contributed by atoms with Gasteiger partial charge in [-0.1, -0.05) is 37.3 Å². The van der Waals surface area contributed by atoms with Crippen LogP contribution in [-0.2, 0) is 16.1 Å². The Labute approximate surface area is 169 Å². The van der Waals surface area contributed by atoms with Gasteiger partial charge in [-0.05, 0) is 37.1 Å². The van der Waals surface area contributed by atoms with Crippen molar-refractivity contribution in [3.8, 4) is 0 Å². The summed E-state index contributed by atoms with van der Waals surface area (Å²) in [5, 5.41) is 11.5. The second kappa shape index (κ2) is 7.27. The molecule has 3 heterocycles. The SMILES string of the molecule is CC(C)[C@@H](Cn1nnc2ccccc21)NC(=O)CC1(C)C(=O)N=C2C=CC=CN21. The van der Waals surface area contributed by atoms with E-state index in [0.29, 0.717) is 12.4 Å². The van der Waals surface area contributed by atoms with Crippen LogP contribution in [0.25, 0.3) is 11.0 Å². The number of carbonyl (C=O) groups excluding carboxylic acids is 2. The van der Waals surface area contributed by atoms with Crippen LogP contribution in [0, 0.1) is 5.92 Å². The van der Waals surface area contributed by atoms with Crippen LogP contribution in [0.5, 0.6) is 0 Å². The predicted molar refractivity (Wildman–Crippen MR) is 110 cm³/mol. The standard InChI is InChI=1S/C21H24N6O2/c1-14(2)16(13-27-17-9-5-4-8-15(17)24-25-27)22-19(28)12-21(3)20(29)23-18-10-6-7-11-26(18)21/h4-11,14,16H,12-13H2,1-3H3,(H,22,28)/t16-,21?/m1/s1. The van der Waals surface area contributed by atoms with Crippen LogP contribution in [0.4, 0.5) is 0 Å². The number of amides is 2. The maximum atomic E-state index is 12.9. The molecule has 1 unspecified atom stereocenters. The monoisotopic (exact) mass is 392 g/mol. The number of rotatable bonds is 6. The molecule has 150 valence electrons. The van der Waals surface area contributed by atoms with Crippen LogP contribution in [0.3, 0.4) is 0 Å². The van der Waals surface area contributed by atoms with Crippen molar-refractivity contribution < 1.29 is 9.59 Å². The first-order valence-electron chi connectivity index (χ1n) is 9.73. The van der Waals surface area contributed by atoms with Crippen LogP contribution in [0.15, 0.2) is 53.7 Å². The van der Waals surface area contributed by atoms with Crippen molar-refractivity contribution in [3.63, 3.8) is 0 Å². The van der Waals surface area contributed by atoms with Crippen molar-refractivity contribution >= 4 is 28.7 Å². The third-order valence-corrected chi connectivity index (χ3v) is 5.49. The summed E-state index contributed by atoms with van der Waals surface area (Å²) in [6.07, 6.45) is 7.25. The molecule has 0 fully saturated rings. The number of aromatic nitrogens is 3. The van der Waals surface area contributed by atoms with E-state index in [4.69, 9.17) is 0 Å². The van der Waals surface area contributed by atoms with Crippen LogP contribution >= 0.6 is 0 Å². The maximum absolute atomic E-state index is 12.9. The highest BCUT2D eigenvalue weighted by molar-refractivity contribution is 6.13. The van der Waals surface area contributed by atoms with Gasteiger partial charge in [0.05, 0.1) is 24.5 Å². The summed E-state index contributed by atoms with van der Waals surface area (Å²) in [4.78, 5) is 31.3. The minimum Gasteiger partial charge on any atom is -0.351 e. The molecule has 1 aromatic heterocycles. The zero-order valence-electron chi connectivity index (χ0n) is 16.7. The lowest BCUT2D eigenvalue weighted by Gasteiger charge is -2.33. The van der Waals surface area contributed by atoms with E-state index in [1.54, 1.807) is 24.1 Å². The van der Waals surface area contributed by atoms with E-state index in [1.807, 2.05) is 54.9 Å². The summed E-state index contributed by atoms with van der Waals surface area (Å²) in [5.74, 6) is 0.256. The fourth-order valence-electron chi connectivity index (χ4n) is 3.66. The molecule has 29 heavy (non-hydrogen) atoms. The van der Waals surface area contributed by atoms with Gasteiger partial charge in [-0.25, -0.2) is 4.68 Å². The summed E-state index contributed by atoms with van der Waals surface area (Å²) in [6, 6.07) is 7.58. The van der Waals surface area contributed by atoms with Crippen molar-refractivity contribution in [3.05, 3.63) is 48.7 Å².